The van der Waals surface area contributed by atoms with Gasteiger partial charge in [-0.25, -0.2) is 4.98 Å². The van der Waals surface area contributed by atoms with E-state index in [9.17, 15) is 4.79 Å². The van der Waals surface area contributed by atoms with E-state index in [1.807, 2.05) is 13.1 Å². The first kappa shape index (κ1) is 12.3. The number of aryl methyl sites for hydroxylation is 2. The van der Waals surface area contributed by atoms with Crippen LogP contribution in [-0.2, 0) is 19.5 Å². The number of nitrogens with zero attached hydrogens (tertiary/aromatic N) is 3. The van der Waals surface area contributed by atoms with Crippen LogP contribution in [0.3, 0.4) is 0 Å². The van der Waals surface area contributed by atoms with Crippen LogP contribution in [-0.4, -0.2) is 20.7 Å². The highest BCUT2D eigenvalue weighted by atomic mass is 32.1. The molecule has 100 valence electrons. The van der Waals surface area contributed by atoms with Crippen LogP contribution in [0.15, 0.2) is 11.6 Å². The molecule has 0 spiro atoms. The third-order valence-corrected chi connectivity index (χ3v) is 4.13. The molecule has 0 saturated heterocycles. The third kappa shape index (κ3) is 2.53. The second kappa shape index (κ2) is 5.13. The lowest BCUT2D eigenvalue weighted by molar-refractivity contribution is 0.0946. The number of thiazole rings is 1. The van der Waals surface area contributed by atoms with Gasteiger partial charge in [0.15, 0.2) is 0 Å². The molecule has 2 aromatic heterocycles. The molecule has 3 heterocycles. The fourth-order valence-electron chi connectivity index (χ4n) is 2.37. The van der Waals surface area contributed by atoms with Crippen molar-refractivity contribution in [3.63, 3.8) is 0 Å². The van der Waals surface area contributed by atoms with Gasteiger partial charge in [0.1, 0.15) is 5.69 Å². The molecule has 0 aliphatic carbocycles. The first-order valence-corrected chi connectivity index (χ1v) is 7.36. The van der Waals surface area contributed by atoms with Crippen molar-refractivity contribution in [2.45, 2.75) is 39.3 Å². The van der Waals surface area contributed by atoms with Crippen LogP contribution in [0.5, 0.6) is 0 Å². The molecular formula is C13H16N4OS. The molecule has 0 saturated carbocycles. The van der Waals surface area contributed by atoms with E-state index in [-0.39, 0.29) is 5.91 Å². The van der Waals surface area contributed by atoms with Crippen molar-refractivity contribution in [1.29, 1.82) is 0 Å². The Morgan fingerprint density at radius 1 is 1.53 bits per heavy atom. The number of aromatic nitrogens is 3. The van der Waals surface area contributed by atoms with Crippen molar-refractivity contribution in [3.8, 4) is 0 Å². The zero-order chi connectivity index (χ0) is 13.2. The Hall–Kier alpha value is -1.69. The summed E-state index contributed by atoms with van der Waals surface area (Å²) in [6.07, 6.45) is 5.32. The number of hydrogen-bond donors (Lipinski definition) is 1. The SMILES string of the molecule is Cc1nc(C(=O)NCc2cnn3c2CCCC3)cs1. The summed E-state index contributed by atoms with van der Waals surface area (Å²) in [4.78, 5) is 16.1. The predicted molar refractivity (Wildman–Crippen MR) is 73.2 cm³/mol. The van der Waals surface area contributed by atoms with Gasteiger partial charge >= 0.3 is 0 Å². The smallest absolute Gasteiger partial charge is 0.271 e. The highest BCUT2D eigenvalue weighted by molar-refractivity contribution is 7.09. The van der Waals surface area contributed by atoms with Gasteiger partial charge in [0, 0.05) is 29.7 Å². The Labute approximate surface area is 115 Å². The third-order valence-electron chi connectivity index (χ3n) is 3.36. The quantitative estimate of drug-likeness (QED) is 0.931. The zero-order valence-electron chi connectivity index (χ0n) is 10.8. The van der Waals surface area contributed by atoms with E-state index in [1.165, 1.54) is 29.9 Å². The van der Waals surface area contributed by atoms with Crippen molar-refractivity contribution in [1.82, 2.24) is 20.1 Å². The molecule has 1 N–H and O–H groups in total. The average Bonchev–Trinajstić information content (AvgIpc) is 3.02. The highest BCUT2D eigenvalue weighted by Gasteiger charge is 2.16. The first-order chi connectivity index (χ1) is 9.24. The largest absolute Gasteiger partial charge is 0.346 e. The van der Waals surface area contributed by atoms with Crippen LogP contribution < -0.4 is 5.32 Å². The molecule has 0 fully saturated rings. The lowest BCUT2D eigenvalue weighted by Crippen LogP contribution is -2.24. The van der Waals surface area contributed by atoms with Gasteiger partial charge in [0.05, 0.1) is 11.2 Å². The van der Waals surface area contributed by atoms with E-state index in [2.05, 4.69) is 20.1 Å². The standard InChI is InChI=1S/C13H16N4OS/c1-9-16-11(8-19-9)13(18)14-6-10-7-15-17-5-3-2-4-12(10)17/h7-8H,2-6H2,1H3,(H,14,18). The lowest BCUT2D eigenvalue weighted by atomic mass is 10.1. The highest BCUT2D eigenvalue weighted by Crippen LogP contribution is 2.18. The number of carbonyl (C=O) groups excluding carboxylic acids is 1. The summed E-state index contributed by atoms with van der Waals surface area (Å²) in [5.74, 6) is -0.111. The number of amides is 1. The monoisotopic (exact) mass is 276 g/mol. The van der Waals surface area contributed by atoms with Crippen LogP contribution >= 0.6 is 11.3 Å². The van der Waals surface area contributed by atoms with E-state index in [0.29, 0.717) is 12.2 Å². The summed E-state index contributed by atoms with van der Waals surface area (Å²) in [5.41, 5.74) is 2.89. The van der Waals surface area contributed by atoms with Crippen LogP contribution in [0, 0.1) is 6.92 Å². The molecule has 0 radical (unpaired) electrons. The summed E-state index contributed by atoms with van der Waals surface area (Å²) in [7, 11) is 0. The molecule has 6 heteroatoms. The normalized spacial score (nSPS) is 14.2. The maximum Gasteiger partial charge on any atom is 0.271 e. The van der Waals surface area contributed by atoms with Gasteiger partial charge in [-0.05, 0) is 26.2 Å². The summed E-state index contributed by atoms with van der Waals surface area (Å²) in [5, 5.41) is 9.98. The van der Waals surface area contributed by atoms with Crippen LogP contribution in [0.25, 0.3) is 0 Å². The molecule has 2 aromatic rings. The fraction of sp³-hybridized carbons (Fsp3) is 0.462. The lowest BCUT2D eigenvalue weighted by Gasteiger charge is -2.14. The Kier molecular flexibility index (Phi) is 3.33. The van der Waals surface area contributed by atoms with E-state index in [0.717, 1.165) is 23.5 Å². The minimum atomic E-state index is -0.111. The van der Waals surface area contributed by atoms with Gasteiger partial charge in [-0.3, -0.25) is 9.48 Å². The van der Waals surface area contributed by atoms with Gasteiger partial charge in [-0.1, -0.05) is 0 Å². The number of hydrogen-bond acceptors (Lipinski definition) is 4. The van der Waals surface area contributed by atoms with E-state index < -0.39 is 0 Å². The summed E-state index contributed by atoms with van der Waals surface area (Å²) in [6, 6.07) is 0. The first-order valence-electron chi connectivity index (χ1n) is 6.48. The zero-order valence-corrected chi connectivity index (χ0v) is 11.7. The minimum Gasteiger partial charge on any atom is -0.346 e. The van der Waals surface area contributed by atoms with Crippen molar-refractivity contribution in [2.24, 2.45) is 0 Å². The molecule has 19 heavy (non-hydrogen) atoms. The van der Waals surface area contributed by atoms with E-state index in [4.69, 9.17) is 0 Å². The molecule has 0 bridgehead atoms. The molecule has 0 unspecified atom stereocenters. The molecule has 0 atom stereocenters. The minimum absolute atomic E-state index is 0.111. The van der Waals surface area contributed by atoms with Crippen LogP contribution in [0.1, 0.15) is 39.6 Å². The van der Waals surface area contributed by atoms with Crippen molar-refractivity contribution < 1.29 is 4.79 Å². The van der Waals surface area contributed by atoms with Crippen molar-refractivity contribution in [3.05, 3.63) is 33.5 Å². The van der Waals surface area contributed by atoms with Crippen molar-refractivity contribution >= 4 is 17.2 Å². The number of fused-ring (bicyclic) bond motifs is 1. The molecule has 1 aliphatic heterocycles. The van der Waals surface area contributed by atoms with E-state index in [1.54, 1.807) is 5.38 Å². The van der Waals surface area contributed by atoms with E-state index >= 15 is 0 Å². The Balaban J connectivity index is 1.66. The molecule has 0 aromatic carbocycles. The second-order valence-electron chi connectivity index (χ2n) is 4.73. The number of carbonyl (C=O) groups is 1. The van der Waals surface area contributed by atoms with Gasteiger partial charge in [0.25, 0.3) is 5.91 Å². The van der Waals surface area contributed by atoms with Crippen molar-refractivity contribution in [2.75, 3.05) is 0 Å². The molecule has 3 rings (SSSR count). The van der Waals surface area contributed by atoms with Gasteiger partial charge in [0.2, 0.25) is 0 Å². The maximum atomic E-state index is 11.9. The summed E-state index contributed by atoms with van der Waals surface area (Å²) < 4.78 is 2.05. The topological polar surface area (TPSA) is 59.8 Å². The van der Waals surface area contributed by atoms with Gasteiger partial charge < -0.3 is 5.32 Å². The van der Waals surface area contributed by atoms with Gasteiger partial charge in [-0.2, -0.15) is 5.10 Å². The molecule has 1 amide bonds. The fourth-order valence-corrected chi connectivity index (χ4v) is 2.96. The molecular weight excluding hydrogens is 260 g/mol. The number of rotatable bonds is 3. The summed E-state index contributed by atoms with van der Waals surface area (Å²) >= 11 is 1.49. The molecule has 1 aliphatic rings. The predicted octanol–water partition coefficient (Wildman–Crippen LogP) is 1.91. The van der Waals surface area contributed by atoms with Gasteiger partial charge in [-0.15, -0.1) is 11.3 Å². The Morgan fingerprint density at radius 2 is 2.42 bits per heavy atom. The van der Waals surface area contributed by atoms with Crippen LogP contribution in [0.4, 0.5) is 0 Å². The second-order valence-corrected chi connectivity index (χ2v) is 5.79. The average molecular weight is 276 g/mol. The van der Waals surface area contributed by atoms with Crippen LogP contribution in [0.2, 0.25) is 0 Å². The number of nitrogens with one attached hydrogen (secondary N) is 1. The maximum absolute atomic E-state index is 11.9. The molecule has 5 nitrogen and oxygen atoms in total. The summed E-state index contributed by atoms with van der Waals surface area (Å²) in [6.45, 7) is 3.43. The Bertz CT molecular complexity index is 602. The Morgan fingerprint density at radius 3 is 3.21 bits per heavy atom.